The van der Waals surface area contributed by atoms with Crippen molar-refractivity contribution in [2.45, 2.75) is 24.3 Å². The summed E-state index contributed by atoms with van der Waals surface area (Å²) in [4.78, 5) is 22.5. The third-order valence-corrected chi connectivity index (χ3v) is 3.79. The van der Waals surface area contributed by atoms with E-state index in [9.17, 15) is 4.79 Å². The monoisotopic (exact) mass is 266 g/mol. The quantitative estimate of drug-likeness (QED) is 0.644. The van der Waals surface area contributed by atoms with Gasteiger partial charge in [0.2, 0.25) is 5.91 Å². The molecule has 1 fully saturated rings. The number of nitrogens with one attached hydrogen (secondary N) is 1. The van der Waals surface area contributed by atoms with Crippen molar-refractivity contribution in [3.05, 3.63) is 18.0 Å². The minimum absolute atomic E-state index is 0.134. The van der Waals surface area contributed by atoms with Gasteiger partial charge in [0.1, 0.15) is 0 Å². The number of amides is 1. The van der Waals surface area contributed by atoms with E-state index < -0.39 is 0 Å². The van der Waals surface area contributed by atoms with Crippen LogP contribution in [0.3, 0.4) is 0 Å². The number of nitrogens with zero attached hydrogens (tertiary/aromatic N) is 3. The van der Waals surface area contributed by atoms with Gasteiger partial charge < -0.3 is 10.2 Å². The number of rotatable bonds is 3. The van der Waals surface area contributed by atoms with Crippen LogP contribution in [0.5, 0.6) is 0 Å². The third kappa shape index (κ3) is 3.43. The van der Waals surface area contributed by atoms with E-state index in [1.54, 1.807) is 12.4 Å². The SMILES string of the molecule is Cc1cnc(SC(C)C(=O)N2CCNCC2)nc1. The molecule has 0 saturated carbocycles. The van der Waals surface area contributed by atoms with Gasteiger partial charge in [0.05, 0.1) is 5.25 Å². The highest BCUT2D eigenvalue weighted by Crippen LogP contribution is 2.20. The molecule has 0 radical (unpaired) electrons. The Balaban J connectivity index is 1.92. The Labute approximate surface area is 111 Å². The van der Waals surface area contributed by atoms with Crippen LogP contribution >= 0.6 is 11.8 Å². The highest BCUT2D eigenvalue weighted by molar-refractivity contribution is 8.00. The van der Waals surface area contributed by atoms with Crippen LogP contribution in [0.15, 0.2) is 17.6 Å². The number of carbonyl (C=O) groups excluding carboxylic acids is 1. The topological polar surface area (TPSA) is 58.1 Å². The van der Waals surface area contributed by atoms with Crippen molar-refractivity contribution in [3.8, 4) is 0 Å². The molecule has 2 heterocycles. The van der Waals surface area contributed by atoms with E-state index in [0.717, 1.165) is 31.7 Å². The molecular weight excluding hydrogens is 248 g/mol. The minimum atomic E-state index is -0.134. The van der Waals surface area contributed by atoms with Crippen LogP contribution in [0.25, 0.3) is 0 Å². The standard InChI is InChI=1S/C12H18N4OS/c1-9-7-14-12(15-8-9)18-10(2)11(17)16-5-3-13-4-6-16/h7-8,10,13H,3-6H2,1-2H3. The van der Waals surface area contributed by atoms with Gasteiger partial charge in [-0.2, -0.15) is 0 Å². The molecule has 1 aliphatic heterocycles. The van der Waals surface area contributed by atoms with Gasteiger partial charge in [-0.3, -0.25) is 4.79 Å². The summed E-state index contributed by atoms with van der Waals surface area (Å²) in [5.74, 6) is 0.172. The molecule has 1 amide bonds. The summed E-state index contributed by atoms with van der Waals surface area (Å²) in [6.45, 7) is 7.20. The van der Waals surface area contributed by atoms with E-state index in [0.29, 0.717) is 5.16 Å². The Hall–Kier alpha value is -1.14. The van der Waals surface area contributed by atoms with Crippen molar-refractivity contribution in [3.63, 3.8) is 0 Å². The molecule has 1 aromatic heterocycles. The average Bonchev–Trinajstić information content (AvgIpc) is 2.41. The first-order valence-corrected chi connectivity index (χ1v) is 6.99. The van der Waals surface area contributed by atoms with Gasteiger partial charge in [0, 0.05) is 38.6 Å². The largest absolute Gasteiger partial charge is 0.339 e. The fraction of sp³-hybridized carbons (Fsp3) is 0.583. The second kappa shape index (κ2) is 6.15. The minimum Gasteiger partial charge on any atom is -0.339 e. The lowest BCUT2D eigenvalue weighted by atomic mass is 10.3. The van der Waals surface area contributed by atoms with Gasteiger partial charge in [0.25, 0.3) is 0 Å². The van der Waals surface area contributed by atoms with E-state index in [1.165, 1.54) is 11.8 Å². The molecule has 1 aliphatic rings. The number of hydrogen-bond acceptors (Lipinski definition) is 5. The van der Waals surface area contributed by atoms with Crippen molar-refractivity contribution < 1.29 is 4.79 Å². The summed E-state index contributed by atoms with van der Waals surface area (Å²) >= 11 is 1.42. The van der Waals surface area contributed by atoms with Crippen molar-refractivity contribution in [1.82, 2.24) is 20.2 Å². The molecule has 1 atom stereocenters. The summed E-state index contributed by atoms with van der Waals surface area (Å²) in [7, 11) is 0. The lowest BCUT2D eigenvalue weighted by molar-refractivity contribution is -0.130. The number of thioether (sulfide) groups is 1. The molecule has 2 rings (SSSR count). The summed E-state index contributed by atoms with van der Waals surface area (Å²) in [5.41, 5.74) is 1.03. The van der Waals surface area contributed by atoms with Crippen molar-refractivity contribution >= 4 is 17.7 Å². The van der Waals surface area contributed by atoms with E-state index in [-0.39, 0.29) is 11.2 Å². The van der Waals surface area contributed by atoms with Crippen molar-refractivity contribution in [2.75, 3.05) is 26.2 Å². The number of aromatic nitrogens is 2. The smallest absolute Gasteiger partial charge is 0.235 e. The molecule has 1 saturated heterocycles. The number of hydrogen-bond donors (Lipinski definition) is 1. The second-order valence-electron chi connectivity index (χ2n) is 4.38. The number of carbonyl (C=O) groups is 1. The van der Waals surface area contributed by atoms with Crippen LogP contribution < -0.4 is 5.32 Å². The number of aryl methyl sites for hydroxylation is 1. The highest BCUT2D eigenvalue weighted by Gasteiger charge is 2.23. The summed E-state index contributed by atoms with van der Waals surface area (Å²) in [5, 5.41) is 3.77. The Bertz CT molecular complexity index is 403. The van der Waals surface area contributed by atoms with Crippen LogP contribution in [-0.2, 0) is 4.79 Å². The number of piperazine rings is 1. The van der Waals surface area contributed by atoms with Gasteiger partial charge in [0.15, 0.2) is 5.16 Å². The van der Waals surface area contributed by atoms with E-state index in [1.807, 2.05) is 18.7 Å². The zero-order valence-electron chi connectivity index (χ0n) is 10.7. The first kappa shape index (κ1) is 13.3. The molecule has 0 spiro atoms. The zero-order valence-corrected chi connectivity index (χ0v) is 11.5. The van der Waals surface area contributed by atoms with Crippen LogP contribution in [0, 0.1) is 6.92 Å². The van der Waals surface area contributed by atoms with Crippen LogP contribution in [0.2, 0.25) is 0 Å². The van der Waals surface area contributed by atoms with Crippen LogP contribution in [-0.4, -0.2) is 52.2 Å². The van der Waals surface area contributed by atoms with Gasteiger partial charge in [-0.25, -0.2) is 9.97 Å². The maximum Gasteiger partial charge on any atom is 0.235 e. The Morgan fingerprint density at radius 2 is 2.00 bits per heavy atom. The molecular formula is C12H18N4OS. The first-order valence-electron chi connectivity index (χ1n) is 6.11. The van der Waals surface area contributed by atoms with Gasteiger partial charge in [-0.05, 0) is 19.4 Å². The summed E-state index contributed by atoms with van der Waals surface area (Å²) in [6, 6.07) is 0. The molecule has 0 aliphatic carbocycles. The third-order valence-electron chi connectivity index (χ3n) is 2.82. The van der Waals surface area contributed by atoms with E-state index in [2.05, 4.69) is 15.3 Å². The van der Waals surface area contributed by atoms with Gasteiger partial charge in [-0.15, -0.1) is 0 Å². The zero-order chi connectivity index (χ0) is 13.0. The molecule has 1 aromatic rings. The Kier molecular flexibility index (Phi) is 4.54. The van der Waals surface area contributed by atoms with E-state index in [4.69, 9.17) is 0 Å². The maximum absolute atomic E-state index is 12.2. The molecule has 18 heavy (non-hydrogen) atoms. The molecule has 1 N–H and O–H groups in total. The van der Waals surface area contributed by atoms with Gasteiger partial charge >= 0.3 is 0 Å². The molecule has 1 unspecified atom stereocenters. The predicted octanol–water partition coefficient (Wildman–Crippen LogP) is 0.697. The van der Waals surface area contributed by atoms with Gasteiger partial charge in [-0.1, -0.05) is 11.8 Å². The molecule has 98 valence electrons. The fourth-order valence-electron chi connectivity index (χ4n) is 1.79. The van der Waals surface area contributed by atoms with Crippen molar-refractivity contribution in [1.29, 1.82) is 0 Å². The normalized spacial score (nSPS) is 17.6. The second-order valence-corrected chi connectivity index (χ2v) is 5.69. The highest BCUT2D eigenvalue weighted by atomic mass is 32.2. The van der Waals surface area contributed by atoms with E-state index >= 15 is 0 Å². The molecule has 0 bridgehead atoms. The van der Waals surface area contributed by atoms with Crippen LogP contribution in [0.1, 0.15) is 12.5 Å². The Morgan fingerprint density at radius 1 is 1.39 bits per heavy atom. The summed E-state index contributed by atoms with van der Waals surface area (Å²) < 4.78 is 0. The maximum atomic E-state index is 12.2. The average molecular weight is 266 g/mol. The summed E-state index contributed by atoms with van der Waals surface area (Å²) in [6.07, 6.45) is 3.55. The molecule has 5 nitrogen and oxygen atoms in total. The Morgan fingerprint density at radius 3 is 2.61 bits per heavy atom. The molecule has 0 aromatic carbocycles. The fourth-order valence-corrected chi connectivity index (χ4v) is 2.59. The lowest BCUT2D eigenvalue weighted by Gasteiger charge is -2.29. The predicted molar refractivity (Wildman–Crippen MR) is 71.5 cm³/mol. The van der Waals surface area contributed by atoms with Crippen LogP contribution in [0.4, 0.5) is 0 Å². The van der Waals surface area contributed by atoms with Crippen molar-refractivity contribution in [2.24, 2.45) is 0 Å². The first-order chi connectivity index (χ1) is 8.66. The lowest BCUT2D eigenvalue weighted by Crippen LogP contribution is -2.48. The molecule has 6 heteroatoms.